The predicted octanol–water partition coefficient (Wildman–Crippen LogP) is 1.95. The Balaban J connectivity index is 1.56. The summed E-state index contributed by atoms with van der Waals surface area (Å²) in [6.07, 6.45) is 0.358. The van der Waals surface area contributed by atoms with E-state index in [2.05, 4.69) is 25.8 Å². The van der Waals surface area contributed by atoms with Crippen molar-refractivity contribution in [1.82, 2.24) is 25.2 Å². The highest BCUT2D eigenvalue weighted by Gasteiger charge is 2.10. The molecule has 0 saturated heterocycles. The summed E-state index contributed by atoms with van der Waals surface area (Å²) in [5, 5.41) is 15.2. The Morgan fingerprint density at radius 1 is 1.48 bits per heavy atom. The van der Waals surface area contributed by atoms with Crippen molar-refractivity contribution in [3.05, 3.63) is 18.2 Å². The van der Waals surface area contributed by atoms with Crippen molar-refractivity contribution in [3.63, 3.8) is 0 Å². The summed E-state index contributed by atoms with van der Waals surface area (Å²) in [6, 6.07) is 5.62. The van der Waals surface area contributed by atoms with Gasteiger partial charge in [-0.3, -0.25) is 4.79 Å². The molecule has 10 heteroatoms. The first-order valence-electron chi connectivity index (χ1n) is 6.75. The van der Waals surface area contributed by atoms with Crippen molar-refractivity contribution < 1.29 is 9.53 Å². The van der Waals surface area contributed by atoms with E-state index in [9.17, 15) is 4.79 Å². The molecule has 0 atom stereocenters. The van der Waals surface area contributed by atoms with Gasteiger partial charge in [0.1, 0.15) is 5.75 Å². The summed E-state index contributed by atoms with van der Waals surface area (Å²) < 4.78 is 7.73. The van der Waals surface area contributed by atoms with Crippen LogP contribution in [-0.4, -0.2) is 44.0 Å². The molecule has 2 heterocycles. The number of amides is 1. The number of hydrogen-bond acceptors (Lipinski definition) is 8. The molecule has 1 N–H and O–H groups in total. The molecule has 0 spiro atoms. The number of ether oxygens (including phenoxy) is 1. The first-order valence-corrected chi connectivity index (χ1v) is 8.55. The fraction of sp³-hybridized carbons (Fsp3) is 0.308. The molecule has 0 radical (unpaired) electrons. The van der Waals surface area contributed by atoms with Gasteiger partial charge in [-0.1, -0.05) is 23.1 Å². The zero-order valence-corrected chi connectivity index (χ0v) is 14.1. The molecule has 3 aromatic rings. The number of thiazole rings is 1. The monoisotopic (exact) mass is 350 g/mol. The number of thioether (sulfide) groups is 1. The zero-order valence-electron chi connectivity index (χ0n) is 12.5. The molecule has 1 aromatic carbocycles. The lowest BCUT2D eigenvalue weighted by Gasteiger charge is -2.00. The van der Waals surface area contributed by atoms with Gasteiger partial charge in [0.05, 0.1) is 17.3 Å². The second-order valence-corrected chi connectivity index (χ2v) is 6.68. The van der Waals surface area contributed by atoms with Crippen molar-refractivity contribution in [3.8, 4) is 5.75 Å². The number of carbonyl (C=O) groups excluding carboxylic acids is 1. The van der Waals surface area contributed by atoms with Crippen molar-refractivity contribution in [2.45, 2.75) is 11.6 Å². The van der Waals surface area contributed by atoms with Crippen molar-refractivity contribution in [2.24, 2.45) is 7.05 Å². The quantitative estimate of drug-likeness (QED) is 0.679. The van der Waals surface area contributed by atoms with Crippen LogP contribution in [0.5, 0.6) is 5.75 Å². The Morgan fingerprint density at radius 2 is 2.35 bits per heavy atom. The number of fused-ring (bicyclic) bond motifs is 1. The number of benzene rings is 1. The predicted molar refractivity (Wildman–Crippen MR) is 88.9 cm³/mol. The highest BCUT2D eigenvalue weighted by Crippen LogP contribution is 2.29. The molecule has 0 aliphatic carbocycles. The third-order valence-corrected chi connectivity index (χ3v) is 4.93. The minimum absolute atomic E-state index is 0.0846. The minimum Gasteiger partial charge on any atom is -0.497 e. The van der Waals surface area contributed by atoms with E-state index in [-0.39, 0.29) is 5.91 Å². The molecule has 1 amide bonds. The van der Waals surface area contributed by atoms with E-state index in [1.54, 1.807) is 18.8 Å². The molecule has 0 unspecified atom stereocenters. The van der Waals surface area contributed by atoms with E-state index >= 15 is 0 Å². The number of anilines is 1. The molecule has 0 saturated carbocycles. The third kappa shape index (κ3) is 3.77. The van der Waals surface area contributed by atoms with Gasteiger partial charge >= 0.3 is 0 Å². The van der Waals surface area contributed by atoms with Crippen LogP contribution < -0.4 is 10.1 Å². The van der Waals surface area contributed by atoms with Gasteiger partial charge in [-0.05, 0) is 28.6 Å². The average Bonchev–Trinajstić information content (AvgIpc) is 3.12. The normalized spacial score (nSPS) is 10.9. The zero-order chi connectivity index (χ0) is 16.2. The number of rotatable bonds is 6. The summed E-state index contributed by atoms with van der Waals surface area (Å²) in [5.74, 6) is 1.28. The van der Waals surface area contributed by atoms with Crippen molar-refractivity contribution >= 4 is 44.4 Å². The van der Waals surface area contributed by atoms with Gasteiger partial charge in [-0.15, -0.1) is 5.10 Å². The lowest BCUT2D eigenvalue weighted by atomic mass is 10.3. The first kappa shape index (κ1) is 15.7. The second kappa shape index (κ2) is 6.92. The standard InChI is InChI=1S/C13H14N6O2S2/c1-19-13(16-17-18-19)22-6-5-11(20)15-12-14-9-4-3-8(21-2)7-10(9)23-12/h3-4,7H,5-6H2,1-2H3,(H,14,15,20). The maximum absolute atomic E-state index is 12.0. The Kier molecular flexibility index (Phi) is 4.72. The summed E-state index contributed by atoms with van der Waals surface area (Å²) in [4.78, 5) is 16.4. The van der Waals surface area contributed by atoms with Crippen LogP contribution in [0.4, 0.5) is 5.13 Å². The number of carbonyl (C=O) groups is 1. The number of tetrazole rings is 1. The molecule has 120 valence electrons. The number of nitrogens with one attached hydrogen (secondary N) is 1. The Bertz CT molecular complexity index is 831. The van der Waals surface area contributed by atoms with Crippen LogP contribution in [-0.2, 0) is 11.8 Å². The van der Waals surface area contributed by atoms with Crippen LogP contribution >= 0.6 is 23.1 Å². The maximum Gasteiger partial charge on any atom is 0.226 e. The van der Waals surface area contributed by atoms with E-state index in [0.717, 1.165) is 16.0 Å². The van der Waals surface area contributed by atoms with Crippen LogP contribution in [0.3, 0.4) is 0 Å². The largest absolute Gasteiger partial charge is 0.497 e. The van der Waals surface area contributed by atoms with E-state index in [1.807, 2.05) is 18.2 Å². The van der Waals surface area contributed by atoms with Gasteiger partial charge in [0.15, 0.2) is 5.13 Å². The summed E-state index contributed by atoms with van der Waals surface area (Å²) in [7, 11) is 3.38. The Labute approximate surface area is 140 Å². The summed E-state index contributed by atoms with van der Waals surface area (Å²) >= 11 is 2.86. The molecule has 23 heavy (non-hydrogen) atoms. The molecule has 8 nitrogen and oxygen atoms in total. The fourth-order valence-corrected chi connectivity index (χ4v) is 3.54. The molecule has 3 rings (SSSR count). The van der Waals surface area contributed by atoms with Crippen molar-refractivity contribution in [2.75, 3.05) is 18.2 Å². The molecular formula is C13H14N6O2S2. The Morgan fingerprint density at radius 3 is 3.09 bits per heavy atom. The Hall–Kier alpha value is -2.20. The van der Waals surface area contributed by atoms with E-state index in [0.29, 0.717) is 22.5 Å². The maximum atomic E-state index is 12.0. The topological polar surface area (TPSA) is 94.8 Å². The second-order valence-electron chi connectivity index (χ2n) is 4.58. The lowest BCUT2D eigenvalue weighted by molar-refractivity contribution is -0.115. The molecule has 0 aliphatic rings. The third-order valence-electron chi connectivity index (χ3n) is 2.98. The fourth-order valence-electron chi connectivity index (χ4n) is 1.85. The van der Waals surface area contributed by atoms with Crippen LogP contribution in [0.2, 0.25) is 0 Å². The molecule has 2 aromatic heterocycles. The van der Waals surface area contributed by atoms with Gasteiger partial charge in [0.25, 0.3) is 0 Å². The highest BCUT2D eigenvalue weighted by atomic mass is 32.2. The SMILES string of the molecule is COc1ccc2nc(NC(=O)CCSc3nnnn3C)sc2c1. The first-order chi connectivity index (χ1) is 11.2. The van der Waals surface area contributed by atoms with Crippen LogP contribution in [0.1, 0.15) is 6.42 Å². The van der Waals surface area contributed by atoms with Crippen LogP contribution in [0, 0.1) is 0 Å². The molecule has 0 bridgehead atoms. The average molecular weight is 350 g/mol. The van der Waals surface area contributed by atoms with Gasteiger partial charge in [0.2, 0.25) is 11.1 Å². The van der Waals surface area contributed by atoms with Gasteiger partial charge < -0.3 is 10.1 Å². The molecule has 0 fully saturated rings. The minimum atomic E-state index is -0.0846. The molecular weight excluding hydrogens is 336 g/mol. The lowest BCUT2D eigenvalue weighted by Crippen LogP contribution is -2.12. The smallest absolute Gasteiger partial charge is 0.226 e. The van der Waals surface area contributed by atoms with Crippen molar-refractivity contribution in [1.29, 1.82) is 0 Å². The number of hydrogen-bond donors (Lipinski definition) is 1. The number of methoxy groups -OCH3 is 1. The van der Waals surface area contributed by atoms with Gasteiger partial charge in [0, 0.05) is 19.2 Å². The summed E-state index contributed by atoms with van der Waals surface area (Å²) in [6.45, 7) is 0. The highest BCUT2D eigenvalue weighted by molar-refractivity contribution is 7.99. The van der Waals surface area contributed by atoms with Crippen LogP contribution in [0.15, 0.2) is 23.4 Å². The van der Waals surface area contributed by atoms with E-state index < -0.39 is 0 Å². The van der Waals surface area contributed by atoms with Crippen LogP contribution in [0.25, 0.3) is 10.2 Å². The summed E-state index contributed by atoms with van der Waals surface area (Å²) in [5.41, 5.74) is 0.839. The van der Waals surface area contributed by atoms with E-state index in [1.165, 1.54) is 23.1 Å². The number of aryl methyl sites for hydroxylation is 1. The van der Waals surface area contributed by atoms with E-state index in [4.69, 9.17) is 4.74 Å². The van der Waals surface area contributed by atoms with Gasteiger partial charge in [-0.25, -0.2) is 9.67 Å². The van der Waals surface area contributed by atoms with Gasteiger partial charge in [-0.2, -0.15) is 0 Å². The number of aromatic nitrogens is 5. The molecule has 0 aliphatic heterocycles. The number of nitrogens with zero attached hydrogens (tertiary/aromatic N) is 5.